The number of anilines is 1. The van der Waals surface area contributed by atoms with Crippen molar-refractivity contribution in [3.63, 3.8) is 0 Å². The average Bonchev–Trinajstić information content (AvgIpc) is 3.09. The highest BCUT2D eigenvalue weighted by atomic mass is 16.1. The van der Waals surface area contributed by atoms with Gasteiger partial charge in [-0.05, 0) is 55.9 Å². The fraction of sp³-hybridized carbons (Fsp3) is 0.562. The highest BCUT2D eigenvalue weighted by Gasteiger charge is 2.33. The van der Waals surface area contributed by atoms with Crippen LogP contribution in [-0.4, -0.2) is 18.9 Å². The first kappa shape index (κ1) is 11.8. The molecule has 1 atom stereocenters. The molecule has 0 amide bonds. The zero-order valence-corrected chi connectivity index (χ0v) is 10.8. The molecule has 1 aliphatic heterocycles. The van der Waals surface area contributed by atoms with E-state index in [1.54, 1.807) is 0 Å². The van der Waals surface area contributed by atoms with Gasteiger partial charge in [-0.3, -0.25) is 4.79 Å². The van der Waals surface area contributed by atoms with E-state index in [1.807, 2.05) is 12.1 Å². The molecule has 2 nitrogen and oxygen atoms in total. The first-order chi connectivity index (χ1) is 8.88. The zero-order chi connectivity index (χ0) is 12.4. The third-order valence-electron chi connectivity index (χ3n) is 4.60. The van der Waals surface area contributed by atoms with Crippen molar-refractivity contribution in [2.45, 2.75) is 44.6 Å². The molecule has 2 heteroatoms. The van der Waals surface area contributed by atoms with Gasteiger partial charge in [-0.1, -0.05) is 12.8 Å². The van der Waals surface area contributed by atoms with Crippen LogP contribution in [0.4, 0.5) is 5.69 Å². The van der Waals surface area contributed by atoms with Crippen molar-refractivity contribution >= 4 is 12.0 Å². The summed E-state index contributed by atoms with van der Waals surface area (Å²) < 4.78 is 0. The summed E-state index contributed by atoms with van der Waals surface area (Å²) >= 11 is 0. The predicted octanol–water partition coefficient (Wildman–Crippen LogP) is 3.66. The van der Waals surface area contributed by atoms with E-state index in [2.05, 4.69) is 17.0 Å². The Morgan fingerprint density at radius 3 is 2.39 bits per heavy atom. The standard InChI is InChI=1S/C16H21NO/c18-12-13-7-9-15(10-8-13)17-11-3-6-16(17)14-4-1-2-5-14/h7-10,12,14,16H,1-6,11H2. The summed E-state index contributed by atoms with van der Waals surface area (Å²) in [7, 11) is 0. The molecule has 2 fully saturated rings. The Hall–Kier alpha value is -1.31. The molecule has 1 aromatic carbocycles. The largest absolute Gasteiger partial charge is 0.368 e. The molecule has 0 radical (unpaired) electrons. The SMILES string of the molecule is O=Cc1ccc(N2CCCC2C2CCCC2)cc1. The van der Waals surface area contributed by atoms with E-state index in [-0.39, 0.29) is 0 Å². The molecule has 0 N–H and O–H groups in total. The number of carbonyl (C=O) groups excluding carboxylic acids is 1. The lowest BCUT2D eigenvalue weighted by Gasteiger charge is -2.31. The molecule has 0 spiro atoms. The summed E-state index contributed by atoms with van der Waals surface area (Å²) in [4.78, 5) is 13.3. The second-order valence-electron chi connectivity index (χ2n) is 5.66. The maximum absolute atomic E-state index is 10.7. The molecule has 96 valence electrons. The molecular weight excluding hydrogens is 222 g/mol. The van der Waals surface area contributed by atoms with Gasteiger partial charge in [0.2, 0.25) is 0 Å². The Morgan fingerprint density at radius 1 is 1.00 bits per heavy atom. The summed E-state index contributed by atoms with van der Waals surface area (Å²) in [5.41, 5.74) is 2.07. The van der Waals surface area contributed by atoms with Crippen molar-refractivity contribution in [2.75, 3.05) is 11.4 Å². The zero-order valence-electron chi connectivity index (χ0n) is 10.8. The second-order valence-corrected chi connectivity index (χ2v) is 5.66. The van der Waals surface area contributed by atoms with Crippen LogP contribution in [0.15, 0.2) is 24.3 Å². The minimum Gasteiger partial charge on any atom is -0.368 e. The first-order valence-electron chi connectivity index (χ1n) is 7.20. The van der Waals surface area contributed by atoms with Gasteiger partial charge >= 0.3 is 0 Å². The summed E-state index contributed by atoms with van der Waals surface area (Å²) in [5, 5.41) is 0. The van der Waals surface area contributed by atoms with Crippen LogP contribution in [0.2, 0.25) is 0 Å². The van der Waals surface area contributed by atoms with E-state index in [0.717, 1.165) is 23.8 Å². The highest BCUT2D eigenvalue weighted by Crippen LogP contribution is 2.37. The maximum atomic E-state index is 10.7. The first-order valence-corrected chi connectivity index (χ1v) is 7.20. The molecule has 0 aromatic heterocycles. The van der Waals surface area contributed by atoms with Gasteiger partial charge in [0, 0.05) is 23.8 Å². The quantitative estimate of drug-likeness (QED) is 0.755. The summed E-state index contributed by atoms with van der Waals surface area (Å²) in [5.74, 6) is 0.901. The normalized spacial score (nSPS) is 24.7. The minimum absolute atomic E-state index is 0.745. The Labute approximate surface area is 109 Å². The molecule has 1 saturated heterocycles. The van der Waals surface area contributed by atoms with Crippen molar-refractivity contribution < 1.29 is 4.79 Å². The minimum atomic E-state index is 0.745. The topological polar surface area (TPSA) is 20.3 Å². The van der Waals surface area contributed by atoms with Crippen LogP contribution < -0.4 is 4.90 Å². The van der Waals surface area contributed by atoms with Gasteiger partial charge < -0.3 is 4.90 Å². The van der Waals surface area contributed by atoms with Crippen LogP contribution in [0, 0.1) is 5.92 Å². The van der Waals surface area contributed by atoms with Crippen LogP contribution in [-0.2, 0) is 0 Å². The van der Waals surface area contributed by atoms with E-state index in [9.17, 15) is 4.79 Å². The van der Waals surface area contributed by atoms with E-state index in [1.165, 1.54) is 50.8 Å². The van der Waals surface area contributed by atoms with E-state index in [0.29, 0.717) is 0 Å². The number of benzene rings is 1. The molecule has 0 bridgehead atoms. The van der Waals surface area contributed by atoms with Gasteiger partial charge in [-0.15, -0.1) is 0 Å². The van der Waals surface area contributed by atoms with Crippen molar-refractivity contribution in [1.82, 2.24) is 0 Å². The molecule has 3 rings (SSSR count). The Morgan fingerprint density at radius 2 is 1.72 bits per heavy atom. The smallest absolute Gasteiger partial charge is 0.150 e. The Bertz CT molecular complexity index is 406. The molecule has 18 heavy (non-hydrogen) atoms. The van der Waals surface area contributed by atoms with Gasteiger partial charge in [0.15, 0.2) is 0 Å². The number of nitrogens with zero attached hydrogens (tertiary/aromatic N) is 1. The molecule has 1 aliphatic carbocycles. The fourth-order valence-corrected chi connectivity index (χ4v) is 3.69. The number of hydrogen-bond acceptors (Lipinski definition) is 2. The molecule has 1 heterocycles. The van der Waals surface area contributed by atoms with Gasteiger partial charge in [-0.2, -0.15) is 0 Å². The van der Waals surface area contributed by atoms with Gasteiger partial charge in [0.25, 0.3) is 0 Å². The van der Waals surface area contributed by atoms with E-state index < -0.39 is 0 Å². The summed E-state index contributed by atoms with van der Waals surface area (Å²) in [6.45, 7) is 1.18. The molecule has 1 aromatic rings. The second kappa shape index (κ2) is 5.13. The van der Waals surface area contributed by atoms with Crippen LogP contribution in [0.5, 0.6) is 0 Å². The van der Waals surface area contributed by atoms with Crippen LogP contribution >= 0.6 is 0 Å². The van der Waals surface area contributed by atoms with Gasteiger partial charge in [0.05, 0.1) is 0 Å². The average molecular weight is 243 g/mol. The lowest BCUT2D eigenvalue weighted by Crippen LogP contribution is -2.34. The molecule has 1 saturated carbocycles. The number of carbonyl (C=O) groups is 1. The molecule has 2 aliphatic rings. The monoisotopic (exact) mass is 243 g/mol. The van der Waals surface area contributed by atoms with E-state index >= 15 is 0 Å². The molecule has 1 unspecified atom stereocenters. The maximum Gasteiger partial charge on any atom is 0.150 e. The van der Waals surface area contributed by atoms with Gasteiger partial charge in [0.1, 0.15) is 6.29 Å². The van der Waals surface area contributed by atoms with Crippen molar-refractivity contribution in [3.8, 4) is 0 Å². The number of rotatable bonds is 3. The van der Waals surface area contributed by atoms with Crippen molar-refractivity contribution in [1.29, 1.82) is 0 Å². The van der Waals surface area contributed by atoms with Crippen molar-refractivity contribution in [3.05, 3.63) is 29.8 Å². The summed E-state index contributed by atoms with van der Waals surface area (Å²) in [6, 6.07) is 8.83. The number of aldehydes is 1. The summed E-state index contributed by atoms with van der Waals surface area (Å²) in [6.07, 6.45) is 9.23. The Balaban J connectivity index is 1.78. The van der Waals surface area contributed by atoms with Gasteiger partial charge in [-0.25, -0.2) is 0 Å². The van der Waals surface area contributed by atoms with Crippen molar-refractivity contribution in [2.24, 2.45) is 5.92 Å². The third kappa shape index (κ3) is 2.16. The lowest BCUT2D eigenvalue weighted by molar-refractivity contribution is 0.112. The highest BCUT2D eigenvalue weighted by molar-refractivity contribution is 5.75. The third-order valence-corrected chi connectivity index (χ3v) is 4.60. The van der Waals surface area contributed by atoms with Crippen LogP contribution in [0.1, 0.15) is 48.9 Å². The lowest BCUT2D eigenvalue weighted by atomic mass is 9.95. The van der Waals surface area contributed by atoms with Crippen LogP contribution in [0.3, 0.4) is 0 Å². The molecular formula is C16H21NO. The predicted molar refractivity (Wildman–Crippen MR) is 74.2 cm³/mol. The van der Waals surface area contributed by atoms with Crippen LogP contribution in [0.25, 0.3) is 0 Å². The Kier molecular flexibility index (Phi) is 3.35. The van der Waals surface area contributed by atoms with E-state index in [4.69, 9.17) is 0 Å². The number of hydrogen-bond donors (Lipinski definition) is 0. The fourth-order valence-electron chi connectivity index (χ4n) is 3.69.